The molecule has 94 valence electrons. The highest BCUT2D eigenvalue weighted by Gasteiger charge is 2.30. The van der Waals surface area contributed by atoms with Gasteiger partial charge in [-0.1, -0.05) is 6.92 Å². The highest BCUT2D eigenvalue weighted by molar-refractivity contribution is 5.41. The van der Waals surface area contributed by atoms with Gasteiger partial charge < -0.3 is 10.5 Å². The second-order valence-corrected chi connectivity index (χ2v) is 4.67. The van der Waals surface area contributed by atoms with E-state index in [2.05, 4.69) is 22.2 Å². The van der Waals surface area contributed by atoms with Gasteiger partial charge in [0.25, 0.3) is 0 Å². The molecule has 2 unspecified atom stereocenters. The van der Waals surface area contributed by atoms with Crippen molar-refractivity contribution >= 4 is 5.69 Å². The Bertz CT molecular complexity index is 371. The molecule has 2 heterocycles. The highest BCUT2D eigenvalue weighted by atomic mass is 16.3. The average Bonchev–Trinajstić information content (AvgIpc) is 2.70. The summed E-state index contributed by atoms with van der Waals surface area (Å²) in [6.07, 6.45) is 2.89. The molecule has 1 aliphatic rings. The lowest BCUT2D eigenvalue weighted by Gasteiger charge is -2.24. The Labute approximate surface area is 102 Å². The van der Waals surface area contributed by atoms with Crippen molar-refractivity contribution < 1.29 is 5.11 Å². The van der Waals surface area contributed by atoms with E-state index in [1.165, 1.54) is 0 Å². The summed E-state index contributed by atoms with van der Waals surface area (Å²) >= 11 is 0. The number of rotatable bonds is 4. The summed E-state index contributed by atoms with van der Waals surface area (Å²) in [6.45, 7) is 4.20. The highest BCUT2D eigenvalue weighted by Crippen LogP contribution is 2.25. The molecule has 1 aromatic rings. The molecule has 1 fully saturated rings. The van der Waals surface area contributed by atoms with Crippen molar-refractivity contribution in [2.75, 3.05) is 18.6 Å². The number of pyridine rings is 1. The van der Waals surface area contributed by atoms with Crippen molar-refractivity contribution in [1.29, 1.82) is 0 Å². The Hall–Kier alpha value is -1.17. The molecule has 5 nitrogen and oxygen atoms in total. The van der Waals surface area contributed by atoms with Crippen LogP contribution in [-0.4, -0.2) is 34.2 Å². The Morgan fingerprint density at radius 3 is 3.18 bits per heavy atom. The molecule has 0 radical (unpaired) electrons. The first-order chi connectivity index (χ1) is 8.24. The van der Waals surface area contributed by atoms with Crippen molar-refractivity contribution in [1.82, 2.24) is 9.88 Å². The minimum atomic E-state index is 0.218. The number of anilines is 1. The van der Waals surface area contributed by atoms with Crippen LogP contribution in [0.2, 0.25) is 0 Å². The van der Waals surface area contributed by atoms with Gasteiger partial charge in [-0.2, -0.15) is 0 Å². The van der Waals surface area contributed by atoms with Crippen LogP contribution in [0.4, 0.5) is 5.69 Å². The molecule has 0 spiro atoms. The van der Waals surface area contributed by atoms with Crippen molar-refractivity contribution in [2.45, 2.75) is 25.9 Å². The van der Waals surface area contributed by atoms with Gasteiger partial charge in [0.1, 0.15) is 0 Å². The Morgan fingerprint density at radius 1 is 1.65 bits per heavy atom. The molecule has 1 aromatic heterocycles. The molecule has 2 rings (SSSR count). The first kappa shape index (κ1) is 12.3. The Morgan fingerprint density at radius 2 is 2.47 bits per heavy atom. The van der Waals surface area contributed by atoms with Gasteiger partial charge in [-0.25, -0.2) is 0 Å². The Balaban J connectivity index is 2.04. The first-order valence-electron chi connectivity index (χ1n) is 6.01. The third kappa shape index (κ3) is 2.74. The van der Waals surface area contributed by atoms with Crippen molar-refractivity contribution in [3.8, 4) is 0 Å². The van der Waals surface area contributed by atoms with Crippen LogP contribution in [0.15, 0.2) is 18.3 Å². The molecule has 4 N–H and O–H groups in total. The summed E-state index contributed by atoms with van der Waals surface area (Å²) in [7, 11) is 0. The normalized spacial score (nSPS) is 25.1. The van der Waals surface area contributed by atoms with Gasteiger partial charge in [-0.15, -0.1) is 0 Å². The molecule has 0 aliphatic carbocycles. The van der Waals surface area contributed by atoms with Gasteiger partial charge in [0.15, 0.2) is 0 Å². The zero-order valence-corrected chi connectivity index (χ0v) is 10.1. The van der Waals surface area contributed by atoms with Crippen molar-refractivity contribution in [3.05, 3.63) is 24.0 Å². The van der Waals surface area contributed by atoms with E-state index in [4.69, 9.17) is 5.84 Å². The quantitative estimate of drug-likeness (QED) is 0.526. The Kier molecular flexibility index (Phi) is 3.93. The van der Waals surface area contributed by atoms with Crippen LogP contribution in [0.25, 0.3) is 0 Å². The molecule has 5 heteroatoms. The number of nitrogens with one attached hydrogen (secondary N) is 1. The van der Waals surface area contributed by atoms with Crippen LogP contribution in [-0.2, 0) is 6.54 Å². The largest absolute Gasteiger partial charge is 0.395 e. The standard InChI is InChI=1S/C12H20N4O/c1-9-3-5-16(12(9)8-17)7-11-6-10(15-13)2-4-14-11/h2,4,6,9,12,17H,3,5,7-8,13H2,1H3,(H,14,15). The molecule has 2 atom stereocenters. The molecule has 0 bridgehead atoms. The summed E-state index contributed by atoms with van der Waals surface area (Å²) in [5, 5.41) is 9.39. The van der Waals surface area contributed by atoms with Gasteiger partial charge in [0.2, 0.25) is 0 Å². The van der Waals surface area contributed by atoms with E-state index in [-0.39, 0.29) is 12.6 Å². The number of nitrogens with two attached hydrogens (primary N) is 1. The zero-order chi connectivity index (χ0) is 12.3. The molecule has 1 saturated heterocycles. The number of aliphatic hydroxyl groups excluding tert-OH is 1. The van der Waals surface area contributed by atoms with E-state index < -0.39 is 0 Å². The van der Waals surface area contributed by atoms with Gasteiger partial charge >= 0.3 is 0 Å². The van der Waals surface area contributed by atoms with Gasteiger partial charge in [0.05, 0.1) is 18.0 Å². The third-order valence-electron chi connectivity index (χ3n) is 3.53. The molecule has 0 saturated carbocycles. The predicted octanol–water partition coefficient (Wildman–Crippen LogP) is 0.570. The molecule has 1 aliphatic heterocycles. The lowest BCUT2D eigenvalue weighted by molar-refractivity contribution is 0.133. The average molecular weight is 236 g/mol. The van der Waals surface area contributed by atoms with Gasteiger partial charge in [0, 0.05) is 18.8 Å². The molecular weight excluding hydrogens is 216 g/mol. The van der Waals surface area contributed by atoms with Crippen molar-refractivity contribution in [2.24, 2.45) is 11.8 Å². The third-order valence-corrected chi connectivity index (χ3v) is 3.53. The molecule has 0 amide bonds. The number of likely N-dealkylation sites (tertiary alicyclic amines) is 1. The number of aliphatic hydroxyl groups is 1. The van der Waals surface area contributed by atoms with Crippen LogP contribution in [0.1, 0.15) is 19.0 Å². The van der Waals surface area contributed by atoms with E-state index in [0.29, 0.717) is 5.92 Å². The van der Waals surface area contributed by atoms with Crippen LogP contribution in [0, 0.1) is 5.92 Å². The van der Waals surface area contributed by atoms with Crippen molar-refractivity contribution in [3.63, 3.8) is 0 Å². The molecular formula is C12H20N4O. The summed E-state index contributed by atoms with van der Waals surface area (Å²) in [6, 6.07) is 4.03. The van der Waals surface area contributed by atoms with E-state index in [1.54, 1.807) is 6.20 Å². The lowest BCUT2D eigenvalue weighted by atomic mass is 10.0. The second-order valence-electron chi connectivity index (χ2n) is 4.67. The summed E-state index contributed by atoms with van der Waals surface area (Å²) < 4.78 is 0. The number of nitrogen functional groups attached to an aromatic ring is 1. The maximum Gasteiger partial charge on any atom is 0.0589 e. The van der Waals surface area contributed by atoms with Crippen LogP contribution >= 0.6 is 0 Å². The van der Waals surface area contributed by atoms with E-state index in [1.807, 2.05) is 12.1 Å². The number of hydrogen-bond donors (Lipinski definition) is 3. The van der Waals surface area contributed by atoms with Crippen LogP contribution in [0.5, 0.6) is 0 Å². The first-order valence-corrected chi connectivity index (χ1v) is 6.01. The number of hydrogen-bond acceptors (Lipinski definition) is 5. The SMILES string of the molecule is CC1CCN(Cc2cc(NN)ccn2)C1CO. The van der Waals surface area contributed by atoms with Crippen LogP contribution < -0.4 is 11.3 Å². The van der Waals surface area contributed by atoms with Gasteiger partial charge in [-0.05, 0) is 31.0 Å². The van der Waals surface area contributed by atoms with Crippen LogP contribution in [0.3, 0.4) is 0 Å². The van der Waals surface area contributed by atoms with E-state index in [9.17, 15) is 5.11 Å². The number of nitrogens with zero attached hydrogens (tertiary/aromatic N) is 2. The summed E-state index contributed by atoms with van der Waals surface area (Å²) in [4.78, 5) is 6.61. The minimum absolute atomic E-state index is 0.218. The maximum atomic E-state index is 9.39. The van der Waals surface area contributed by atoms with E-state index >= 15 is 0 Å². The second kappa shape index (κ2) is 5.44. The monoisotopic (exact) mass is 236 g/mol. The number of aromatic nitrogens is 1. The fourth-order valence-corrected chi connectivity index (χ4v) is 2.44. The lowest BCUT2D eigenvalue weighted by Crippen LogP contribution is -2.34. The summed E-state index contributed by atoms with van der Waals surface area (Å²) in [5.74, 6) is 5.92. The summed E-state index contributed by atoms with van der Waals surface area (Å²) in [5.41, 5.74) is 4.46. The smallest absolute Gasteiger partial charge is 0.0589 e. The predicted molar refractivity (Wildman–Crippen MR) is 67.1 cm³/mol. The molecule has 17 heavy (non-hydrogen) atoms. The topological polar surface area (TPSA) is 74.4 Å². The fraction of sp³-hybridized carbons (Fsp3) is 0.583. The molecule has 0 aromatic carbocycles. The van der Waals surface area contributed by atoms with E-state index in [0.717, 1.165) is 30.9 Å². The fourth-order valence-electron chi connectivity index (χ4n) is 2.44. The van der Waals surface area contributed by atoms with Gasteiger partial charge in [-0.3, -0.25) is 15.7 Å². The zero-order valence-electron chi connectivity index (χ0n) is 10.1. The maximum absolute atomic E-state index is 9.39. The number of hydrazine groups is 1. The minimum Gasteiger partial charge on any atom is -0.395 e.